The van der Waals surface area contributed by atoms with Crippen molar-refractivity contribution in [1.82, 2.24) is 30.4 Å². The van der Waals surface area contributed by atoms with Crippen molar-refractivity contribution in [2.45, 2.75) is 44.3 Å². The fourth-order valence-electron chi connectivity index (χ4n) is 5.47. The van der Waals surface area contributed by atoms with Crippen LogP contribution in [0.1, 0.15) is 60.5 Å². The van der Waals surface area contributed by atoms with Gasteiger partial charge in [0, 0.05) is 66.4 Å². The number of hydrogen-bond donors (Lipinski definition) is 3. The number of carbonyl (C=O) groups is 4. The van der Waals surface area contributed by atoms with Crippen LogP contribution in [-0.2, 0) is 17.8 Å². The Morgan fingerprint density at radius 3 is 2.69 bits per heavy atom. The maximum atomic E-state index is 13.4. The van der Waals surface area contributed by atoms with E-state index in [1.54, 1.807) is 37.2 Å². The van der Waals surface area contributed by atoms with Crippen molar-refractivity contribution in [1.29, 1.82) is 0 Å². The van der Waals surface area contributed by atoms with Crippen LogP contribution in [0.5, 0.6) is 0 Å². The minimum atomic E-state index is -0.494. The highest BCUT2D eigenvalue weighted by Crippen LogP contribution is 2.29. The van der Waals surface area contributed by atoms with Gasteiger partial charge in [-0.05, 0) is 44.5 Å². The third kappa shape index (κ3) is 5.57. The zero-order valence-corrected chi connectivity index (χ0v) is 23.6. The number of nitrogens with zero attached hydrogens (tertiary/aromatic N) is 3. The van der Waals surface area contributed by atoms with Crippen molar-refractivity contribution in [3.8, 4) is 0 Å². The van der Waals surface area contributed by atoms with E-state index in [2.05, 4.69) is 25.5 Å². The monoisotopic (exact) mass is 570 g/mol. The quantitative estimate of drug-likeness (QED) is 0.391. The number of hydrogen-bond acceptors (Lipinski definition) is 7. The molecule has 1 saturated carbocycles. The van der Waals surface area contributed by atoms with Gasteiger partial charge in [-0.1, -0.05) is 11.6 Å². The van der Waals surface area contributed by atoms with Crippen LogP contribution in [0.3, 0.4) is 0 Å². The lowest BCUT2D eigenvalue weighted by atomic mass is 9.81. The van der Waals surface area contributed by atoms with E-state index < -0.39 is 18.0 Å². The molecule has 3 aromatic rings. The fraction of sp³-hybridized carbons (Fsp3) is 0.444. The van der Waals surface area contributed by atoms with Gasteiger partial charge in [-0.3, -0.25) is 19.2 Å². The number of thiazole rings is 1. The third-order valence-corrected chi connectivity index (χ3v) is 8.85. The van der Waals surface area contributed by atoms with Crippen LogP contribution < -0.4 is 10.6 Å². The first kappa shape index (κ1) is 27.3. The molecule has 1 aliphatic carbocycles. The van der Waals surface area contributed by atoms with Crippen molar-refractivity contribution >= 4 is 57.8 Å². The van der Waals surface area contributed by atoms with Gasteiger partial charge in [0.05, 0.1) is 17.3 Å². The van der Waals surface area contributed by atoms with E-state index in [0.717, 1.165) is 30.1 Å². The molecule has 3 N–H and O–H groups in total. The van der Waals surface area contributed by atoms with Gasteiger partial charge in [-0.2, -0.15) is 0 Å². The molecule has 3 atom stereocenters. The minimum absolute atomic E-state index is 0.0116. The molecule has 0 radical (unpaired) electrons. The molecule has 12 heteroatoms. The number of fused-ring (bicyclic) bond motifs is 2. The highest BCUT2D eigenvalue weighted by Gasteiger charge is 2.37. The molecule has 1 fully saturated rings. The van der Waals surface area contributed by atoms with E-state index in [-0.39, 0.29) is 29.0 Å². The number of aromatic nitrogens is 2. The van der Waals surface area contributed by atoms with Crippen LogP contribution in [-0.4, -0.2) is 83.5 Å². The van der Waals surface area contributed by atoms with Gasteiger partial charge < -0.3 is 25.4 Å². The number of aromatic amines is 1. The Bertz CT molecular complexity index is 1450. The summed E-state index contributed by atoms with van der Waals surface area (Å²) in [5.74, 6) is -1.06. The molecule has 10 nitrogen and oxygen atoms in total. The lowest BCUT2D eigenvalue weighted by Crippen LogP contribution is -2.56. The number of carbonyl (C=O) groups excluding carboxylic acids is 4. The minimum Gasteiger partial charge on any atom is -0.350 e. The number of likely N-dealkylation sites (N-methyl/N-ethyl adjacent to an activating group) is 1. The Balaban J connectivity index is 1.38. The second kappa shape index (κ2) is 11.1. The zero-order valence-electron chi connectivity index (χ0n) is 22.0. The Morgan fingerprint density at radius 1 is 1.18 bits per heavy atom. The smallest absolute Gasteiger partial charge is 0.280 e. The van der Waals surface area contributed by atoms with Gasteiger partial charge >= 0.3 is 0 Å². The lowest BCUT2D eigenvalue weighted by Gasteiger charge is -2.37. The van der Waals surface area contributed by atoms with Gasteiger partial charge in [0.2, 0.25) is 5.91 Å². The number of aldehydes is 1. The molecule has 5 rings (SSSR count). The summed E-state index contributed by atoms with van der Waals surface area (Å²) in [7, 11) is 5.46. The molecule has 3 unspecified atom stereocenters. The topological polar surface area (TPSA) is 128 Å². The molecule has 3 amide bonds. The first-order chi connectivity index (χ1) is 18.6. The van der Waals surface area contributed by atoms with Crippen LogP contribution in [0, 0.1) is 5.92 Å². The maximum absolute atomic E-state index is 13.4. The Labute approximate surface area is 235 Å². The summed E-state index contributed by atoms with van der Waals surface area (Å²) in [5, 5.41) is 7.48. The molecule has 39 heavy (non-hydrogen) atoms. The van der Waals surface area contributed by atoms with Crippen LogP contribution >= 0.6 is 22.9 Å². The number of halogens is 1. The number of amides is 3. The molecule has 1 aliphatic heterocycles. The number of nitrogens with one attached hydrogen (secondary N) is 3. The Hall–Kier alpha value is -3.28. The predicted molar refractivity (Wildman–Crippen MR) is 149 cm³/mol. The highest BCUT2D eigenvalue weighted by molar-refractivity contribution is 7.13. The maximum Gasteiger partial charge on any atom is 0.280 e. The van der Waals surface area contributed by atoms with Gasteiger partial charge in [-0.15, -0.1) is 11.3 Å². The molecular weight excluding hydrogens is 540 g/mol. The summed E-state index contributed by atoms with van der Waals surface area (Å²) in [6.45, 7) is 1.65. The van der Waals surface area contributed by atoms with E-state index in [1.807, 2.05) is 7.05 Å². The van der Waals surface area contributed by atoms with Crippen LogP contribution in [0.2, 0.25) is 5.02 Å². The molecule has 0 spiro atoms. The summed E-state index contributed by atoms with van der Waals surface area (Å²) in [6, 6.07) is 4.10. The summed E-state index contributed by atoms with van der Waals surface area (Å²) in [4.78, 5) is 63.9. The van der Waals surface area contributed by atoms with Crippen LogP contribution in [0.25, 0.3) is 10.9 Å². The molecule has 2 aliphatic rings. The third-order valence-electron chi connectivity index (χ3n) is 7.54. The number of benzene rings is 1. The van der Waals surface area contributed by atoms with Gasteiger partial charge in [0.1, 0.15) is 5.69 Å². The van der Waals surface area contributed by atoms with Crippen molar-refractivity contribution < 1.29 is 19.2 Å². The largest absolute Gasteiger partial charge is 0.350 e. The van der Waals surface area contributed by atoms with E-state index in [0.29, 0.717) is 46.5 Å². The first-order valence-corrected chi connectivity index (χ1v) is 14.1. The summed E-state index contributed by atoms with van der Waals surface area (Å²) >= 11 is 7.49. The standard InChI is InChI=1S/C27H31ClN6O4S/c1-33(2)27(38)14-4-6-19(30-24(36)23-17(13-35)16-11-15(28)5-7-18(16)29-23)21(10-14)31-25(37)26-32-20-8-9-34(3)12-22(20)39-26/h5,7,11,13-14,19,21,29H,4,6,8-10,12H2,1-3H3,(H,30,36)(H,31,37). The zero-order chi connectivity index (χ0) is 27.8. The average Bonchev–Trinajstić information content (AvgIpc) is 3.49. The summed E-state index contributed by atoms with van der Waals surface area (Å²) in [6.07, 6.45) is 2.87. The highest BCUT2D eigenvalue weighted by atomic mass is 35.5. The molecular formula is C27H31ClN6O4S. The molecule has 0 bridgehead atoms. The SMILES string of the molecule is CN1CCc2nc(C(=O)NC3CC(C(=O)N(C)C)CCC3NC(=O)c3[nH]c4ccc(Cl)cc4c3C=O)sc2C1. The van der Waals surface area contributed by atoms with E-state index in [9.17, 15) is 19.2 Å². The van der Waals surface area contributed by atoms with Crippen molar-refractivity contribution in [2.75, 3.05) is 27.7 Å². The van der Waals surface area contributed by atoms with E-state index >= 15 is 0 Å². The van der Waals surface area contributed by atoms with Crippen molar-refractivity contribution in [3.63, 3.8) is 0 Å². The van der Waals surface area contributed by atoms with E-state index in [4.69, 9.17) is 11.6 Å². The average molecular weight is 571 g/mol. The normalized spacial score (nSPS) is 21.3. The van der Waals surface area contributed by atoms with Crippen molar-refractivity contribution in [2.24, 2.45) is 5.92 Å². The first-order valence-electron chi connectivity index (χ1n) is 12.9. The summed E-state index contributed by atoms with van der Waals surface area (Å²) in [5.41, 5.74) is 1.93. The lowest BCUT2D eigenvalue weighted by molar-refractivity contribution is -0.134. The molecule has 206 valence electrons. The number of H-pyrrole nitrogens is 1. The van der Waals surface area contributed by atoms with Gasteiger partial charge in [-0.25, -0.2) is 4.98 Å². The van der Waals surface area contributed by atoms with E-state index in [1.165, 1.54) is 11.3 Å². The van der Waals surface area contributed by atoms with Crippen LogP contribution in [0.15, 0.2) is 18.2 Å². The van der Waals surface area contributed by atoms with Gasteiger partial charge in [0.15, 0.2) is 11.3 Å². The van der Waals surface area contributed by atoms with Crippen LogP contribution in [0.4, 0.5) is 0 Å². The fourth-order valence-corrected chi connectivity index (χ4v) is 6.73. The van der Waals surface area contributed by atoms with Gasteiger partial charge in [0.25, 0.3) is 11.8 Å². The molecule has 1 aromatic carbocycles. The Kier molecular flexibility index (Phi) is 7.75. The van der Waals surface area contributed by atoms with Crippen molar-refractivity contribution in [3.05, 3.63) is 50.1 Å². The second-order valence-electron chi connectivity index (χ2n) is 10.5. The molecule has 2 aromatic heterocycles. The predicted octanol–water partition coefficient (Wildman–Crippen LogP) is 2.86. The number of rotatable bonds is 6. The summed E-state index contributed by atoms with van der Waals surface area (Å²) < 4.78 is 0. The molecule has 3 heterocycles. The Morgan fingerprint density at radius 2 is 1.95 bits per heavy atom. The molecule has 0 saturated heterocycles. The second-order valence-corrected chi connectivity index (χ2v) is 12.0.